The van der Waals surface area contributed by atoms with Crippen LogP contribution in [0.15, 0.2) is 54.7 Å². The molecule has 336 valence electrons. The quantitative estimate of drug-likeness (QED) is 0.279. The highest BCUT2D eigenvalue weighted by molar-refractivity contribution is 7.91. The second-order valence-electron chi connectivity index (χ2n) is 17.9. The molecule has 63 heavy (non-hydrogen) atoms. The van der Waals surface area contributed by atoms with E-state index in [1.54, 1.807) is 18.3 Å². The maximum atomic E-state index is 14.9. The fraction of sp³-hybridized carbons (Fsp3) is 0.556. The highest BCUT2D eigenvalue weighted by Crippen LogP contribution is 2.47. The van der Waals surface area contributed by atoms with Gasteiger partial charge in [-0.2, -0.15) is 13.2 Å². The van der Waals surface area contributed by atoms with Crippen LogP contribution in [0.2, 0.25) is 0 Å². The molecule has 5 unspecified atom stereocenters. The van der Waals surface area contributed by atoms with Crippen LogP contribution >= 0.6 is 0 Å². The van der Waals surface area contributed by atoms with Crippen molar-refractivity contribution in [3.05, 3.63) is 60.3 Å². The summed E-state index contributed by atoms with van der Waals surface area (Å²) in [6.07, 6.45) is 4.30. The van der Waals surface area contributed by atoms with E-state index in [-0.39, 0.29) is 51.7 Å². The monoisotopic (exact) mass is 892 g/mol. The largest absolute Gasteiger partial charge is 0.493 e. The van der Waals surface area contributed by atoms with Crippen LogP contribution in [0.5, 0.6) is 11.5 Å². The number of nitrogens with zero attached hydrogens (tertiary/aromatic N) is 4. The van der Waals surface area contributed by atoms with E-state index in [4.69, 9.17) is 14.5 Å². The number of sulfonamides is 1. The van der Waals surface area contributed by atoms with E-state index in [9.17, 15) is 40.8 Å². The van der Waals surface area contributed by atoms with Gasteiger partial charge in [0, 0.05) is 67.4 Å². The van der Waals surface area contributed by atoms with Crippen molar-refractivity contribution in [1.82, 2.24) is 29.8 Å². The van der Waals surface area contributed by atoms with E-state index >= 15 is 0 Å². The summed E-state index contributed by atoms with van der Waals surface area (Å²) in [4.78, 5) is 69.6. The van der Waals surface area contributed by atoms with Crippen LogP contribution in [0.25, 0.3) is 22.3 Å². The molecule has 9 rings (SSSR count). The van der Waals surface area contributed by atoms with E-state index < -0.39 is 80.5 Å². The molecule has 4 fully saturated rings. The van der Waals surface area contributed by atoms with Gasteiger partial charge in [-0.05, 0) is 75.6 Å². The summed E-state index contributed by atoms with van der Waals surface area (Å²) < 4.78 is 81.3. The van der Waals surface area contributed by atoms with Gasteiger partial charge in [0.2, 0.25) is 27.7 Å². The van der Waals surface area contributed by atoms with Gasteiger partial charge in [-0.3, -0.25) is 28.9 Å². The number of benzene rings is 1. The molecule has 1 aromatic carbocycles. The Bertz CT molecular complexity index is 2420. The number of likely N-dealkylation sites (tertiary alicyclic amines) is 1. The van der Waals surface area contributed by atoms with Crippen molar-refractivity contribution < 1.29 is 50.2 Å². The van der Waals surface area contributed by atoms with Crippen LogP contribution in [0, 0.1) is 17.8 Å². The van der Waals surface area contributed by atoms with Crippen molar-refractivity contribution in [2.24, 2.45) is 17.8 Å². The Kier molecular flexibility index (Phi) is 11.6. The molecule has 4 amide bonds. The molecular formula is C45H51F3N6O8S. The molecular weight excluding hydrogens is 842 g/mol. The lowest BCUT2D eigenvalue weighted by Crippen LogP contribution is -2.57. The molecule has 3 aromatic rings. The number of ether oxygens (including phenoxy) is 2. The minimum Gasteiger partial charge on any atom is -0.493 e. The van der Waals surface area contributed by atoms with Gasteiger partial charge in [0.1, 0.15) is 29.2 Å². The Hall–Kier alpha value is -5.26. The molecule has 6 aliphatic rings. The summed E-state index contributed by atoms with van der Waals surface area (Å²) >= 11 is 0. The van der Waals surface area contributed by atoms with Gasteiger partial charge < -0.3 is 24.6 Å². The highest BCUT2D eigenvalue weighted by Gasteiger charge is 2.62. The first-order chi connectivity index (χ1) is 30.2. The maximum absolute atomic E-state index is 14.9. The predicted octanol–water partition coefficient (Wildman–Crippen LogP) is 5.39. The van der Waals surface area contributed by atoms with Gasteiger partial charge >= 0.3 is 6.18 Å². The zero-order valence-corrected chi connectivity index (χ0v) is 35.6. The number of amides is 4. The molecule has 2 N–H and O–H groups in total. The number of halogens is 3. The molecule has 0 radical (unpaired) electrons. The first-order valence-corrected chi connectivity index (χ1v) is 23.6. The van der Waals surface area contributed by atoms with Gasteiger partial charge in [0.05, 0.1) is 41.2 Å². The summed E-state index contributed by atoms with van der Waals surface area (Å²) in [6.45, 7) is 0.291. The third-order valence-corrected chi connectivity index (χ3v) is 15.3. The smallest absolute Gasteiger partial charge is 0.391 e. The SMILES string of the molecule is O=C1NC2(C(=O)NS(=O)(=O)C3CC3)CC2/C=C/CCCCCC(CC(=O)N2CCC(C(F)(F)F)CC2)C(=O)N2CC(Oc3cc(-c4ccccn4)nc4c5c(ccc34)OCC5)CC12. The van der Waals surface area contributed by atoms with Crippen LogP contribution in [0.4, 0.5) is 13.2 Å². The Morgan fingerprint density at radius 2 is 1.83 bits per heavy atom. The number of alkyl halides is 3. The van der Waals surface area contributed by atoms with Crippen LogP contribution in [-0.4, -0.2) is 107 Å². The maximum Gasteiger partial charge on any atom is 0.391 e. The Morgan fingerprint density at radius 1 is 1.02 bits per heavy atom. The lowest BCUT2D eigenvalue weighted by atomic mass is 9.92. The van der Waals surface area contributed by atoms with Crippen molar-refractivity contribution in [2.75, 3.05) is 26.2 Å². The average Bonchev–Trinajstić information content (AvgIpc) is 4.14. The number of rotatable bonds is 8. The van der Waals surface area contributed by atoms with E-state index in [0.29, 0.717) is 79.6 Å². The normalized spacial score (nSPS) is 27.5. The Balaban J connectivity index is 1.03. The standard InChI is InChI=1S/C45H51F3N6O8S/c46-45(47,48)28-15-19-53(20-16-28)39(55)22-27-8-4-2-1-3-5-9-29-25-44(29,43(58)52-63(59,60)31-11-12-31)51-41(56)36-23-30(26-54(36)42(27)57)62-38-24-35(34-10-6-7-18-49-34)50-40-32(38)13-14-37-33(40)17-21-61-37/h5-7,9-10,13-14,18,24,27-31,36H,1-4,8,11-12,15-17,19-23,25-26H2,(H,51,56)(H,52,58)/b9-5+. The third-order valence-electron chi connectivity index (χ3n) is 13.5. The molecule has 14 nitrogen and oxygen atoms in total. The topological polar surface area (TPSA) is 177 Å². The number of piperidine rings is 1. The van der Waals surface area contributed by atoms with Gasteiger partial charge in [0.25, 0.3) is 5.91 Å². The summed E-state index contributed by atoms with van der Waals surface area (Å²) in [6, 6.07) is 9.78. The average molecular weight is 893 g/mol. The van der Waals surface area contributed by atoms with Crippen LogP contribution in [0.3, 0.4) is 0 Å². The molecule has 2 aliphatic carbocycles. The van der Waals surface area contributed by atoms with Gasteiger partial charge in [-0.15, -0.1) is 0 Å². The summed E-state index contributed by atoms with van der Waals surface area (Å²) in [5.41, 5.74) is 1.16. The Morgan fingerprint density at radius 3 is 2.57 bits per heavy atom. The minimum atomic E-state index is -4.35. The summed E-state index contributed by atoms with van der Waals surface area (Å²) in [5.74, 6) is -4.09. The molecule has 2 saturated heterocycles. The number of nitrogens with one attached hydrogen (secondary N) is 2. The number of hydrogen-bond acceptors (Lipinski definition) is 10. The highest BCUT2D eigenvalue weighted by atomic mass is 32.2. The molecule has 2 saturated carbocycles. The molecule has 6 heterocycles. The van der Waals surface area contributed by atoms with Crippen LogP contribution in [-0.2, 0) is 35.6 Å². The zero-order chi connectivity index (χ0) is 44.1. The fourth-order valence-electron chi connectivity index (χ4n) is 9.64. The molecule has 4 aliphatic heterocycles. The zero-order valence-electron chi connectivity index (χ0n) is 34.8. The molecule has 2 aromatic heterocycles. The number of hydrogen-bond donors (Lipinski definition) is 2. The second-order valence-corrected chi connectivity index (χ2v) is 19.8. The van der Waals surface area contributed by atoms with Crippen LogP contribution < -0.4 is 19.5 Å². The molecule has 0 bridgehead atoms. The van der Waals surface area contributed by atoms with Crippen molar-refractivity contribution in [3.63, 3.8) is 0 Å². The lowest BCUT2D eigenvalue weighted by Gasteiger charge is -2.34. The Labute approximate surface area is 363 Å². The third kappa shape index (κ3) is 8.96. The minimum absolute atomic E-state index is 0.00143. The summed E-state index contributed by atoms with van der Waals surface area (Å²) in [5, 5.41) is 2.91. The lowest BCUT2D eigenvalue weighted by molar-refractivity contribution is -0.186. The van der Waals surface area contributed by atoms with Crippen molar-refractivity contribution >= 4 is 44.6 Å². The van der Waals surface area contributed by atoms with Crippen LogP contribution in [0.1, 0.15) is 82.6 Å². The molecule has 18 heteroatoms. The van der Waals surface area contributed by atoms with E-state index in [1.165, 1.54) is 9.80 Å². The fourth-order valence-corrected chi connectivity index (χ4v) is 11.0. The number of carbonyl (C=O) groups is 4. The van der Waals surface area contributed by atoms with Gasteiger partial charge in [-0.1, -0.05) is 31.1 Å². The first kappa shape index (κ1) is 43.0. The second kappa shape index (κ2) is 17.0. The molecule has 5 atom stereocenters. The number of allylic oxidation sites excluding steroid dienone is 1. The van der Waals surface area contributed by atoms with E-state index in [2.05, 4.69) is 15.0 Å². The number of aromatic nitrogens is 2. The molecule has 0 spiro atoms. The number of pyridine rings is 2. The van der Waals surface area contributed by atoms with Gasteiger partial charge in [0.15, 0.2) is 0 Å². The van der Waals surface area contributed by atoms with Gasteiger partial charge in [-0.25, -0.2) is 13.4 Å². The first-order valence-electron chi connectivity index (χ1n) is 22.1. The van der Waals surface area contributed by atoms with Crippen molar-refractivity contribution in [3.8, 4) is 22.9 Å². The summed E-state index contributed by atoms with van der Waals surface area (Å²) in [7, 11) is -3.95. The van der Waals surface area contributed by atoms with Crippen molar-refractivity contribution in [1.29, 1.82) is 0 Å². The van der Waals surface area contributed by atoms with Crippen molar-refractivity contribution in [2.45, 2.75) is 113 Å². The predicted molar refractivity (Wildman–Crippen MR) is 223 cm³/mol. The number of fused-ring (bicyclic) bond motifs is 5. The van der Waals surface area contributed by atoms with E-state index in [0.717, 1.165) is 17.7 Å². The van der Waals surface area contributed by atoms with E-state index in [1.807, 2.05) is 36.4 Å². The number of carbonyl (C=O) groups excluding carboxylic acids is 4.